The summed E-state index contributed by atoms with van der Waals surface area (Å²) in [5.41, 5.74) is 3.62. The topological polar surface area (TPSA) is 175 Å². The molecule has 1 atom stereocenters. The van der Waals surface area contributed by atoms with E-state index >= 15 is 0 Å². The van der Waals surface area contributed by atoms with Crippen LogP contribution in [-0.4, -0.2) is 20.4 Å². The first kappa shape index (κ1) is 25.0. The molecule has 0 aliphatic heterocycles. The zero-order valence-corrected chi connectivity index (χ0v) is 21.6. The van der Waals surface area contributed by atoms with Crippen LogP contribution in [0.4, 0.5) is 5.69 Å². The van der Waals surface area contributed by atoms with Gasteiger partial charge in [0, 0.05) is 41.5 Å². The lowest BCUT2D eigenvalue weighted by atomic mass is 9.75. The van der Waals surface area contributed by atoms with E-state index in [2.05, 4.69) is 15.5 Å². The number of aryl methyl sites for hydroxylation is 3. The van der Waals surface area contributed by atoms with Crippen molar-refractivity contribution >= 4 is 27.9 Å². The second-order valence-electron chi connectivity index (χ2n) is 9.66. The van der Waals surface area contributed by atoms with Crippen molar-refractivity contribution in [1.29, 1.82) is 0 Å². The van der Waals surface area contributed by atoms with E-state index in [1.807, 2.05) is 30.3 Å². The Kier molecular flexibility index (Phi) is 5.90. The zero-order valence-electron chi connectivity index (χ0n) is 21.6. The van der Waals surface area contributed by atoms with Crippen LogP contribution < -0.4 is 9.46 Å². The highest BCUT2D eigenvalue weighted by Crippen LogP contribution is 2.43. The van der Waals surface area contributed by atoms with Crippen molar-refractivity contribution in [3.8, 4) is 0 Å². The second-order valence-corrected chi connectivity index (χ2v) is 9.66. The van der Waals surface area contributed by atoms with E-state index in [0.717, 1.165) is 5.56 Å². The Morgan fingerprint density at radius 1 is 0.800 bits per heavy atom. The minimum Gasteiger partial charge on any atom is -0.618 e. The third-order valence-electron chi connectivity index (χ3n) is 7.12. The number of fused-ring (bicyclic) bond motifs is 2. The van der Waals surface area contributed by atoms with Crippen molar-refractivity contribution in [1.82, 2.24) is 15.5 Å². The predicted molar refractivity (Wildman–Crippen MR) is 138 cm³/mol. The molecule has 0 amide bonds. The van der Waals surface area contributed by atoms with Crippen molar-refractivity contribution in [2.45, 2.75) is 39.0 Å². The Labute approximate surface area is 225 Å². The van der Waals surface area contributed by atoms with Crippen LogP contribution in [0.5, 0.6) is 0 Å². The zero-order chi connectivity index (χ0) is 28.1. The van der Waals surface area contributed by atoms with E-state index in [9.17, 15) is 20.5 Å². The van der Waals surface area contributed by atoms with E-state index in [1.54, 1.807) is 26.0 Å². The Bertz CT molecular complexity index is 1810. The minimum atomic E-state index is -0.697. The van der Waals surface area contributed by atoms with Crippen LogP contribution in [0.1, 0.15) is 51.4 Å². The molecule has 0 aliphatic carbocycles. The normalized spacial score (nSPS) is 12.5. The summed E-state index contributed by atoms with van der Waals surface area (Å²) >= 11 is 0. The van der Waals surface area contributed by atoms with Gasteiger partial charge in [-0.15, -0.1) is 0 Å². The largest absolute Gasteiger partial charge is 0.618 e. The lowest BCUT2D eigenvalue weighted by molar-refractivity contribution is -0.578. The highest BCUT2D eigenvalue weighted by Gasteiger charge is 2.36. The highest BCUT2D eigenvalue weighted by molar-refractivity contribution is 5.73. The summed E-state index contributed by atoms with van der Waals surface area (Å²) in [7, 11) is 0. The number of benzene rings is 1. The van der Waals surface area contributed by atoms with Gasteiger partial charge in [-0.25, -0.2) is 0 Å². The molecule has 0 saturated carbocycles. The fraction of sp³-hybridized carbons (Fsp3) is 0.222. The van der Waals surface area contributed by atoms with Gasteiger partial charge in [0.15, 0.2) is 29.5 Å². The summed E-state index contributed by atoms with van der Waals surface area (Å²) in [6.07, 6.45) is 2.83. The first-order valence-corrected chi connectivity index (χ1v) is 12.4. The number of hydrogen-bond acceptors (Lipinski definition) is 10. The molecule has 13 nitrogen and oxygen atoms in total. The molecule has 202 valence electrons. The van der Waals surface area contributed by atoms with Gasteiger partial charge in [-0.05, 0) is 26.3 Å². The van der Waals surface area contributed by atoms with Gasteiger partial charge >= 0.3 is 5.69 Å². The third kappa shape index (κ3) is 4.08. The molecule has 13 heteroatoms. The smallest absolute Gasteiger partial charge is 0.334 e. The highest BCUT2D eigenvalue weighted by atomic mass is 16.6. The van der Waals surface area contributed by atoms with E-state index in [0.29, 0.717) is 32.0 Å². The van der Waals surface area contributed by atoms with Crippen LogP contribution in [0.3, 0.4) is 0 Å². The van der Waals surface area contributed by atoms with Gasteiger partial charge in [0.05, 0.1) is 4.92 Å². The number of hydrogen-bond donors (Lipinski definition) is 0. The van der Waals surface area contributed by atoms with Crippen LogP contribution in [0.2, 0.25) is 0 Å². The summed E-state index contributed by atoms with van der Waals surface area (Å²) in [5, 5.41) is 49.9. The number of rotatable bonds is 7. The van der Waals surface area contributed by atoms with Crippen molar-refractivity contribution in [2.75, 3.05) is 0 Å². The van der Waals surface area contributed by atoms with Crippen molar-refractivity contribution in [2.24, 2.45) is 0 Å². The second kappa shape index (κ2) is 9.45. The summed E-state index contributed by atoms with van der Waals surface area (Å²) in [6, 6.07) is 12.7. The van der Waals surface area contributed by atoms with Crippen LogP contribution >= 0.6 is 0 Å². The molecule has 0 radical (unpaired) electrons. The molecule has 5 heterocycles. The molecule has 1 aromatic carbocycles. The molecular weight excluding hydrogens is 520 g/mol. The first-order valence-electron chi connectivity index (χ1n) is 12.4. The summed E-state index contributed by atoms with van der Waals surface area (Å²) in [5.74, 6) is -1.19. The standard InChI is InChI=1S/C27H22N6O7/c1-14-25-21(38-28-14)9-18(12-31(25)34)24(19-10-22-26(32(35)13-19)15(2)29-39-22)20(17-7-5-4-6-8-17)11-23-27(33(36)37)16(3)30-40-23/h4-10,12-13,20,24H,11H2,1-3H3. The molecule has 0 bridgehead atoms. The SMILES string of the molecule is Cc1noc(CC(c2ccccc2)C(c2cc3onc(C)c3[n+]([O-])c2)c2cc3onc(C)c3[n+]([O-])c2)c1[N+](=O)[O-]. The fourth-order valence-electron chi connectivity index (χ4n) is 5.37. The van der Waals surface area contributed by atoms with Crippen LogP contribution in [0, 0.1) is 41.3 Å². The average molecular weight is 543 g/mol. The van der Waals surface area contributed by atoms with Crippen molar-refractivity contribution in [3.63, 3.8) is 0 Å². The van der Waals surface area contributed by atoms with E-state index in [-0.39, 0.29) is 45.8 Å². The fourth-order valence-corrected chi connectivity index (χ4v) is 5.37. The molecular formula is C27H22N6O7. The maximum Gasteiger partial charge on any atom is 0.334 e. The molecule has 40 heavy (non-hydrogen) atoms. The molecule has 6 rings (SSSR count). The number of aromatic nitrogens is 5. The van der Waals surface area contributed by atoms with Gasteiger partial charge in [-0.3, -0.25) is 10.1 Å². The molecule has 0 saturated heterocycles. The summed E-state index contributed by atoms with van der Waals surface area (Å²) < 4.78 is 17.6. The molecule has 0 aliphatic rings. The van der Waals surface area contributed by atoms with E-state index in [1.165, 1.54) is 19.3 Å². The summed E-state index contributed by atoms with van der Waals surface area (Å²) in [4.78, 5) is 11.4. The molecule has 0 fully saturated rings. The Morgan fingerprint density at radius 2 is 1.32 bits per heavy atom. The van der Waals surface area contributed by atoms with Gasteiger partial charge < -0.3 is 24.0 Å². The Balaban J connectivity index is 1.62. The van der Waals surface area contributed by atoms with E-state index in [4.69, 9.17) is 13.6 Å². The quantitative estimate of drug-likeness (QED) is 0.123. The minimum absolute atomic E-state index is 0.0322. The van der Waals surface area contributed by atoms with Crippen LogP contribution in [0.25, 0.3) is 22.2 Å². The van der Waals surface area contributed by atoms with Gasteiger partial charge in [-0.2, -0.15) is 9.46 Å². The molecule has 6 aromatic rings. The Morgan fingerprint density at radius 3 is 1.85 bits per heavy atom. The third-order valence-corrected chi connectivity index (χ3v) is 7.12. The van der Waals surface area contributed by atoms with Gasteiger partial charge in [-0.1, -0.05) is 45.8 Å². The summed E-state index contributed by atoms with van der Waals surface area (Å²) in [6.45, 7) is 4.83. The Hall–Kier alpha value is -5.33. The van der Waals surface area contributed by atoms with Gasteiger partial charge in [0.1, 0.15) is 0 Å². The van der Waals surface area contributed by atoms with Crippen LogP contribution in [0.15, 0.2) is 68.4 Å². The van der Waals surface area contributed by atoms with Crippen molar-refractivity contribution in [3.05, 3.63) is 115 Å². The number of nitrogens with zero attached hydrogens (tertiary/aromatic N) is 6. The van der Waals surface area contributed by atoms with Crippen LogP contribution in [-0.2, 0) is 6.42 Å². The maximum absolute atomic E-state index is 13.2. The van der Waals surface area contributed by atoms with Gasteiger partial charge in [0.25, 0.3) is 11.0 Å². The molecule has 0 spiro atoms. The lowest BCUT2D eigenvalue weighted by Crippen LogP contribution is -2.31. The molecule has 0 N–H and O–H groups in total. The predicted octanol–water partition coefficient (Wildman–Crippen LogP) is 4.22. The monoisotopic (exact) mass is 542 g/mol. The van der Waals surface area contributed by atoms with E-state index < -0.39 is 16.8 Å². The molecule has 5 aromatic heterocycles. The lowest BCUT2D eigenvalue weighted by Gasteiger charge is -2.26. The first-order chi connectivity index (χ1) is 19.2. The molecule has 1 unspecified atom stereocenters. The number of pyridine rings is 2. The van der Waals surface area contributed by atoms with Gasteiger partial charge in [0.2, 0.25) is 16.9 Å². The average Bonchev–Trinajstić information content (AvgIpc) is 3.61. The number of nitro groups is 1. The maximum atomic E-state index is 13.2. The van der Waals surface area contributed by atoms with Crippen molar-refractivity contribution < 1.29 is 28.0 Å².